The molecular formula is C13H20BrNO. The number of benzene rings is 1. The fourth-order valence-corrected chi connectivity index (χ4v) is 1.88. The van der Waals surface area contributed by atoms with Gasteiger partial charge in [0.05, 0.1) is 11.1 Å². The van der Waals surface area contributed by atoms with Crippen LogP contribution < -0.4 is 10.5 Å². The molecule has 0 aliphatic heterocycles. The van der Waals surface area contributed by atoms with Crippen molar-refractivity contribution in [3.63, 3.8) is 0 Å². The highest BCUT2D eigenvalue weighted by Gasteiger charge is 2.00. The molecule has 0 bridgehead atoms. The first-order valence-corrected chi connectivity index (χ1v) is 6.71. The summed E-state index contributed by atoms with van der Waals surface area (Å²) in [7, 11) is 0. The molecule has 0 spiro atoms. The van der Waals surface area contributed by atoms with E-state index in [9.17, 15) is 0 Å². The molecule has 0 radical (unpaired) electrons. The summed E-state index contributed by atoms with van der Waals surface area (Å²) in [4.78, 5) is 0. The number of halogens is 1. The summed E-state index contributed by atoms with van der Waals surface area (Å²) in [6.07, 6.45) is 6.26. The quantitative estimate of drug-likeness (QED) is 0.596. The van der Waals surface area contributed by atoms with Gasteiger partial charge in [0.1, 0.15) is 5.75 Å². The Hall–Kier alpha value is -0.700. The second-order valence-corrected chi connectivity index (χ2v) is 4.81. The van der Waals surface area contributed by atoms with Crippen molar-refractivity contribution >= 4 is 21.6 Å². The summed E-state index contributed by atoms with van der Waals surface area (Å²) in [6.45, 7) is 2.99. The average Bonchev–Trinajstić information content (AvgIpc) is 2.28. The van der Waals surface area contributed by atoms with Crippen molar-refractivity contribution in [1.29, 1.82) is 0 Å². The van der Waals surface area contributed by atoms with Crippen molar-refractivity contribution < 1.29 is 4.74 Å². The molecule has 2 N–H and O–H groups in total. The number of hydrogen-bond acceptors (Lipinski definition) is 2. The third-order valence-electron chi connectivity index (χ3n) is 2.46. The molecule has 2 nitrogen and oxygen atoms in total. The van der Waals surface area contributed by atoms with Gasteiger partial charge in [0, 0.05) is 11.8 Å². The van der Waals surface area contributed by atoms with Gasteiger partial charge in [-0.15, -0.1) is 0 Å². The molecule has 1 rings (SSSR count). The predicted molar refractivity (Wildman–Crippen MR) is 72.8 cm³/mol. The monoisotopic (exact) mass is 285 g/mol. The second-order valence-electron chi connectivity index (χ2n) is 3.95. The molecule has 0 amide bonds. The number of hydrogen-bond donors (Lipinski definition) is 1. The van der Waals surface area contributed by atoms with E-state index < -0.39 is 0 Å². The van der Waals surface area contributed by atoms with Crippen LogP contribution in [0.3, 0.4) is 0 Å². The maximum atomic E-state index is 5.70. The normalized spacial score (nSPS) is 10.4. The van der Waals surface area contributed by atoms with Gasteiger partial charge >= 0.3 is 0 Å². The summed E-state index contributed by atoms with van der Waals surface area (Å²) in [5.74, 6) is 0.843. The van der Waals surface area contributed by atoms with Crippen LogP contribution in [-0.4, -0.2) is 6.61 Å². The summed E-state index contributed by atoms with van der Waals surface area (Å²) in [6, 6.07) is 5.63. The number of anilines is 1. The molecule has 16 heavy (non-hydrogen) atoms. The Labute approximate surface area is 106 Å². The Balaban J connectivity index is 2.23. The highest BCUT2D eigenvalue weighted by molar-refractivity contribution is 9.10. The van der Waals surface area contributed by atoms with Crippen molar-refractivity contribution in [3.8, 4) is 5.75 Å². The van der Waals surface area contributed by atoms with E-state index in [0.717, 1.165) is 28.9 Å². The number of rotatable bonds is 7. The molecule has 0 atom stereocenters. The smallest absolute Gasteiger partial charge is 0.135 e. The first-order chi connectivity index (χ1) is 7.74. The second kappa shape index (κ2) is 7.55. The van der Waals surface area contributed by atoms with Gasteiger partial charge in [-0.1, -0.05) is 32.6 Å². The van der Waals surface area contributed by atoms with Crippen LogP contribution in [0.5, 0.6) is 5.75 Å². The van der Waals surface area contributed by atoms with E-state index in [-0.39, 0.29) is 0 Å². The Bertz CT molecular complexity index is 315. The van der Waals surface area contributed by atoms with Crippen LogP contribution in [-0.2, 0) is 0 Å². The lowest BCUT2D eigenvalue weighted by atomic mass is 10.2. The third kappa shape index (κ3) is 4.88. The van der Waals surface area contributed by atoms with Crippen LogP contribution >= 0.6 is 15.9 Å². The Morgan fingerprint density at radius 3 is 2.69 bits per heavy atom. The van der Waals surface area contributed by atoms with Gasteiger partial charge in [0.15, 0.2) is 0 Å². The Morgan fingerprint density at radius 2 is 1.94 bits per heavy atom. The largest absolute Gasteiger partial charge is 0.492 e. The number of unbranched alkanes of at least 4 members (excludes halogenated alkanes) is 4. The van der Waals surface area contributed by atoms with Crippen LogP contribution in [0, 0.1) is 0 Å². The van der Waals surface area contributed by atoms with Gasteiger partial charge in [-0.25, -0.2) is 0 Å². The molecule has 0 saturated carbocycles. The molecule has 1 aromatic rings. The summed E-state index contributed by atoms with van der Waals surface area (Å²) >= 11 is 3.44. The van der Waals surface area contributed by atoms with Gasteiger partial charge < -0.3 is 10.5 Å². The molecule has 0 saturated heterocycles. The molecule has 0 unspecified atom stereocenters. The summed E-state index contributed by atoms with van der Waals surface area (Å²) < 4.78 is 6.64. The van der Waals surface area contributed by atoms with E-state index in [0.29, 0.717) is 0 Å². The lowest BCUT2D eigenvalue weighted by Crippen LogP contribution is -1.98. The first kappa shape index (κ1) is 13.4. The van der Waals surface area contributed by atoms with Crippen LogP contribution in [0.2, 0.25) is 0 Å². The summed E-state index contributed by atoms with van der Waals surface area (Å²) in [5.41, 5.74) is 6.44. The van der Waals surface area contributed by atoms with Crippen LogP contribution in [0.4, 0.5) is 5.69 Å². The van der Waals surface area contributed by atoms with Gasteiger partial charge in [0.25, 0.3) is 0 Å². The minimum absolute atomic E-state index is 0.740. The van der Waals surface area contributed by atoms with E-state index in [1.165, 1.54) is 25.7 Å². The van der Waals surface area contributed by atoms with E-state index in [1.807, 2.05) is 18.2 Å². The zero-order chi connectivity index (χ0) is 11.8. The highest BCUT2D eigenvalue weighted by atomic mass is 79.9. The Kier molecular flexibility index (Phi) is 6.31. The lowest BCUT2D eigenvalue weighted by Gasteiger charge is -2.08. The number of nitrogens with two attached hydrogens (primary N) is 1. The average molecular weight is 286 g/mol. The van der Waals surface area contributed by atoms with E-state index in [4.69, 9.17) is 10.5 Å². The predicted octanol–water partition coefficient (Wildman–Crippen LogP) is 4.38. The first-order valence-electron chi connectivity index (χ1n) is 5.92. The van der Waals surface area contributed by atoms with Crippen molar-refractivity contribution in [2.75, 3.05) is 12.3 Å². The van der Waals surface area contributed by atoms with Crippen molar-refractivity contribution in [2.24, 2.45) is 0 Å². The molecule has 0 aromatic heterocycles. The number of ether oxygens (including phenoxy) is 1. The Morgan fingerprint density at radius 1 is 1.19 bits per heavy atom. The van der Waals surface area contributed by atoms with Crippen LogP contribution in [0.15, 0.2) is 22.7 Å². The van der Waals surface area contributed by atoms with Gasteiger partial charge in [-0.2, -0.15) is 0 Å². The molecule has 1 aromatic carbocycles. The van der Waals surface area contributed by atoms with Gasteiger partial charge in [0.2, 0.25) is 0 Å². The lowest BCUT2D eigenvalue weighted by molar-refractivity contribution is 0.303. The minimum atomic E-state index is 0.740. The van der Waals surface area contributed by atoms with E-state index in [1.54, 1.807) is 0 Å². The van der Waals surface area contributed by atoms with E-state index >= 15 is 0 Å². The third-order valence-corrected chi connectivity index (χ3v) is 3.12. The molecule has 0 heterocycles. The molecule has 0 aliphatic rings. The van der Waals surface area contributed by atoms with Gasteiger partial charge in [-0.3, -0.25) is 0 Å². The highest BCUT2D eigenvalue weighted by Crippen LogP contribution is 2.27. The van der Waals surface area contributed by atoms with Crippen molar-refractivity contribution in [3.05, 3.63) is 22.7 Å². The topological polar surface area (TPSA) is 35.2 Å². The van der Waals surface area contributed by atoms with Crippen LogP contribution in [0.1, 0.15) is 39.0 Å². The maximum Gasteiger partial charge on any atom is 0.135 e. The molecule has 90 valence electrons. The van der Waals surface area contributed by atoms with Crippen LogP contribution in [0.25, 0.3) is 0 Å². The molecule has 0 fully saturated rings. The summed E-state index contributed by atoms with van der Waals surface area (Å²) in [5, 5.41) is 0. The molecular weight excluding hydrogens is 266 g/mol. The zero-order valence-corrected chi connectivity index (χ0v) is 11.4. The number of nitrogen functional groups attached to an aromatic ring is 1. The standard InChI is InChI=1S/C13H20BrNO/c1-2-3-4-5-6-9-16-13-10-11(15)7-8-12(13)14/h7-8,10H,2-6,9,15H2,1H3. The van der Waals surface area contributed by atoms with Gasteiger partial charge in [-0.05, 0) is 34.5 Å². The molecule has 0 aliphatic carbocycles. The fourth-order valence-electron chi connectivity index (χ4n) is 1.52. The van der Waals surface area contributed by atoms with Crippen molar-refractivity contribution in [2.45, 2.75) is 39.0 Å². The SMILES string of the molecule is CCCCCCCOc1cc(N)ccc1Br. The van der Waals surface area contributed by atoms with Crippen molar-refractivity contribution in [1.82, 2.24) is 0 Å². The van der Waals surface area contributed by atoms with E-state index in [2.05, 4.69) is 22.9 Å². The fraction of sp³-hybridized carbons (Fsp3) is 0.538. The zero-order valence-electron chi connectivity index (χ0n) is 9.84. The maximum absolute atomic E-state index is 5.70. The minimum Gasteiger partial charge on any atom is -0.492 e. The molecule has 3 heteroatoms.